The zero-order valence-corrected chi connectivity index (χ0v) is 11.0. The summed E-state index contributed by atoms with van der Waals surface area (Å²) >= 11 is 3.23. The molecule has 7 heteroatoms. The van der Waals surface area contributed by atoms with Crippen LogP contribution in [0, 0.1) is 21.4 Å². The Bertz CT molecular complexity index is 682. The fourth-order valence-electron chi connectivity index (χ4n) is 1.36. The molecule has 0 aliphatic heterocycles. The summed E-state index contributed by atoms with van der Waals surface area (Å²) in [6, 6.07) is 9.20. The average molecular weight is 320 g/mol. The van der Waals surface area contributed by atoms with E-state index >= 15 is 0 Å². The molecular weight excluding hydrogens is 314 g/mol. The van der Waals surface area contributed by atoms with Crippen LogP contribution in [-0.4, -0.2) is 9.91 Å². The van der Waals surface area contributed by atoms with E-state index in [0.29, 0.717) is 4.47 Å². The first-order valence-electron chi connectivity index (χ1n) is 5.08. The Morgan fingerprint density at radius 2 is 2.16 bits per heavy atom. The van der Waals surface area contributed by atoms with Crippen molar-refractivity contribution in [3.63, 3.8) is 0 Å². The van der Waals surface area contributed by atoms with E-state index in [1.165, 1.54) is 24.4 Å². The Hall–Kier alpha value is -2.46. The van der Waals surface area contributed by atoms with E-state index in [1.54, 1.807) is 12.1 Å². The van der Waals surface area contributed by atoms with Gasteiger partial charge < -0.3 is 4.74 Å². The van der Waals surface area contributed by atoms with Gasteiger partial charge in [0.2, 0.25) is 0 Å². The number of nitriles is 1. The van der Waals surface area contributed by atoms with Gasteiger partial charge in [0, 0.05) is 12.3 Å². The highest BCUT2D eigenvalue weighted by molar-refractivity contribution is 9.10. The van der Waals surface area contributed by atoms with Crippen LogP contribution in [0.5, 0.6) is 11.5 Å². The van der Waals surface area contributed by atoms with Gasteiger partial charge in [0.05, 0.1) is 15.5 Å². The third-order valence-corrected chi connectivity index (χ3v) is 2.88. The lowest BCUT2D eigenvalue weighted by atomic mass is 10.3. The van der Waals surface area contributed by atoms with E-state index in [-0.39, 0.29) is 22.9 Å². The number of hydrogen-bond donors (Lipinski definition) is 0. The number of benzene rings is 1. The third kappa shape index (κ3) is 2.86. The minimum Gasteiger partial charge on any atom is -0.453 e. The number of nitrogens with zero attached hydrogens (tertiary/aromatic N) is 3. The second kappa shape index (κ2) is 5.46. The van der Waals surface area contributed by atoms with Crippen LogP contribution in [0.4, 0.5) is 5.69 Å². The van der Waals surface area contributed by atoms with Gasteiger partial charge in [-0.2, -0.15) is 5.26 Å². The second-order valence-corrected chi connectivity index (χ2v) is 4.29. The number of non-ortho nitro benzene ring substituents is 1. The summed E-state index contributed by atoms with van der Waals surface area (Å²) in [5, 5.41) is 19.6. The standard InChI is InChI=1S/C12H6BrN3O3/c13-9-4-3-8(16(17)18)6-12(9)19-11-2-1-5-15-10(11)7-14/h1-6H. The summed E-state index contributed by atoms with van der Waals surface area (Å²) in [6.45, 7) is 0. The van der Waals surface area contributed by atoms with Gasteiger partial charge in [-0.05, 0) is 34.1 Å². The highest BCUT2D eigenvalue weighted by atomic mass is 79.9. The number of ether oxygens (including phenoxy) is 1. The lowest BCUT2D eigenvalue weighted by Gasteiger charge is -2.08. The van der Waals surface area contributed by atoms with E-state index in [0.717, 1.165) is 0 Å². The van der Waals surface area contributed by atoms with E-state index in [9.17, 15) is 10.1 Å². The molecule has 0 aliphatic carbocycles. The molecule has 0 aliphatic rings. The number of pyridine rings is 1. The molecule has 0 N–H and O–H groups in total. The summed E-state index contributed by atoms with van der Waals surface area (Å²) in [6.07, 6.45) is 1.47. The highest BCUT2D eigenvalue weighted by Crippen LogP contribution is 2.33. The van der Waals surface area contributed by atoms with Crippen molar-refractivity contribution in [2.45, 2.75) is 0 Å². The molecule has 2 rings (SSSR count). The zero-order chi connectivity index (χ0) is 13.8. The summed E-state index contributed by atoms with van der Waals surface area (Å²) < 4.78 is 6.03. The van der Waals surface area contributed by atoms with Crippen LogP contribution in [0.15, 0.2) is 41.0 Å². The molecular formula is C12H6BrN3O3. The Labute approximate surface area is 116 Å². The summed E-state index contributed by atoms with van der Waals surface area (Å²) in [5.74, 6) is 0.491. The van der Waals surface area contributed by atoms with Crippen molar-refractivity contribution in [1.29, 1.82) is 5.26 Å². The van der Waals surface area contributed by atoms with Crippen molar-refractivity contribution in [2.75, 3.05) is 0 Å². The van der Waals surface area contributed by atoms with Crippen LogP contribution < -0.4 is 4.74 Å². The van der Waals surface area contributed by atoms with Crippen LogP contribution in [0.1, 0.15) is 5.69 Å². The molecule has 19 heavy (non-hydrogen) atoms. The normalized spacial score (nSPS) is 9.68. The zero-order valence-electron chi connectivity index (χ0n) is 9.41. The molecule has 1 aromatic heterocycles. The molecule has 0 bridgehead atoms. The van der Waals surface area contributed by atoms with Crippen LogP contribution in [-0.2, 0) is 0 Å². The lowest BCUT2D eigenvalue weighted by Crippen LogP contribution is -1.93. The van der Waals surface area contributed by atoms with Crippen molar-refractivity contribution in [3.8, 4) is 17.6 Å². The second-order valence-electron chi connectivity index (χ2n) is 3.44. The van der Waals surface area contributed by atoms with E-state index in [1.807, 2.05) is 6.07 Å². The Morgan fingerprint density at radius 1 is 1.37 bits per heavy atom. The maximum absolute atomic E-state index is 10.7. The molecule has 0 amide bonds. The predicted octanol–water partition coefficient (Wildman–Crippen LogP) is 3.42. The number of nitro groups is 1. The van der Waals surface area contributed by atoms with Gasteiger partial charge >= 0.3 is 0 Å². The molecule has 94 valence electrons. The first-order valence-corrected chi connectivity index (χ1v) is 5.88. The highest BCUT2D eigenvalue weighted by Gasteiger charge is 2.13. The van der Waals surface area contributed by atoms with Gasteiger partial charge in [-0.3, -0.25) is 10.1 Å². The lowest BCUT2D eigenvalue weighted by molar-refractivity contribution is -0.384. The van der Waals surface area contributed by atoms with Gasteiger partial charge in [0.25, 0.3) is 5.69 Å². The molecule has 1 heterocycles. The molecule has 1 aromatic carbocycles. The van der Waals surface area contributed by atoms with E-state index in [4.69, 9.17) is 10.00 Å². The Kier molecular flexibility index (Phi) is 3.73. The van der Waals surface area contributed by atoms with E-state index in [2.05, 4.69) is 20.9 Å². The number of nitro benzene ring substituents is 1. The third-order valence-electron chi connectivity index (χ3n) is 2.22. The molecule has 0 saturated heterocycles. The minimum absolute atomic E-state index is 0.0967. The number of aromatic nitrogens is 1. The number of hydrogen-bond acceptors (Lipinski definition) is 5. The maximum atomic E-state index is 10.7. The molecule has 2 aromatic rings. The summed E-state index contributed by atoms with van der Waals surface area (Å²) in [4.78, 5) is 14.0. The molecule has 0 spiro atoms. The SMILES string of the molecule is N#Cc1ncccc1Oc1cc([N+](=O)[O-])ccc1Br. The Balaban J connectivity index is 2.41. The largest absolute Gasteiger partial charge is 0.453 e. The van der Waals surface area contributed by atoms with Gasteiger partial charge in [-0.1, -0.05) is 0 Å². The van der Waals surface area contributed by atoms with Crippen molar-refractivity contribution in [1.82, 2.24) is 4.98 Å². The minimum atomic E-state index is -0.520. The molecule has 0 unspecified atom stereocenters. The van der Waals surface area contributed by atoms with E-state index < -0.39 is 4.92 Å². The predicted molar refractivity (Wildman–Crippen MR) is 69.8 cm³/mol. The average Bonchev–Trinajstić information content (AvgIpc) is 2.41. The van der Waals surface area contributed by atoms with Gasteiger partial charge in [-0.25, -0.2) is 4.98 Å². The molecule has 0 radical (unpaired) electrons. The van der Waals surface area contributed by atoms with Gasteiger partial charge in [-0.15, -0.1) is 0 Å². The number of halogens is 1. The molecule has 0 fully saturated rings. The maximum Gasteiger partial charge on any atom is 0.273 e. The van der Waals surface area contributed by atoms with Crippen LogP contribution >= 0.6 is 15.9 Å². The summed E-state index contributed by atoms with van der Waals surface area (Å²) in [7, 11) is 0. The first-order chi connectivity index (χ1) is 9.11. The van der Waals surface area contributed by atoms with Crippen LogP contribution in [0.2, 0.25) is 0 Å². The van der Waals surface area contributed by atoms with Crippen LogP contribution in [0.25, 0.3) is 0 Å². The fraction of sp³-hybridized carbons (Fsp3) is 0. The fourth-order valence-corrected chi connectivity index (χ4v) is 1.69. The summed E-state index contributed by atoms with van der Waals surface area (Å²) in [5.41, 5.74) is 0.0153. The van der Waals surface area contributed by atoms with Crippen molar-refractivity contribution in [2.24, 2.45) is 0 Å². The number of rotatable bonds is 3. The molecule has 6 nitrogen and oxygen atoms in total. The molecule has 0 atom stereocenters. The van der Waals surface area contributed by atoms with Crippen molar-refractivity contribution in [3.05, 3.63) is 56.8 Å². The van der Waals surface area contributed by atoms with Crippen molar-refractivity contribution >= 4 is 21.6 Å². The Morgan fingerprint density at radius 3 is 2.84 bits per heavy atom. The van der Waals surface area contributed by atoms with Gasteiger partial charge in [0.1, 0.15) is 11.8 Å². The first kappa shape index (κ1) is 13.0. The smallest absolute Gasteiger partial charge is 0.273 e. The van der Waals surface area contributed by atoms with Crippen molar-refractivity contribution < 1.29 is 9.66 Å². The monoisotopic (exact) mass is 319 g/mol. The quantitative estimate of drug-likeness (QED) is 0.638. The van der Waals surface area contributed by atoms with Crippen LogP contribution in [0.3, 0.4) is 0 Å². The van der Waals surface area contributed by atoms with Gasteiger partial charge in [0.15, 0.2) is 11.4 Å². The topological polar surface area (TPSA) is 89.0 Å². The molecule has 0 saturated carbocycles.